The fourth-order valence-corrected chi connectivity index (χ4v) is 1.88. The largest absolute Gasteiger partial charge is 0.382 e. The summed E-state index contributed by atoms with van der Waals surface area (Å²) < 4.78 is 16.1. The van der Waals surface area contributed by atoms with Gasteiger partial charge in [-0.1, -0.05) is 6.92 Å². The first-order valence-electron chi connectivity index (χ1n) is 4.38. The Morgan fingerprint density at radius 1 is 1.25 bits per heavy atom. The summed E-state index contributed by atoms with van der Waals surface area (Å²) in [5, 5.41) is 0. The van der Waals surface area contributed by atoms with Crippen LogP contribution in [0.2, 0.25) is 0 Å². The molecule has 1 rings (SSSR count). The molecular weight excluding hydrogens is 156 g/mol. The number of hydrogen-bond donors (Lipinski definition) is 0. The van der Waals surface area contributed by atoms with Crippen LogP contribution in [0, 0.1) is 5.92 Å². The highest BCUT2D eigenvalue weighted by atomic mass is 16.6. The fourth-order valence-electron chi connectivity index (χ4n) is 1.88. The molecular formula is C9H18O3. The van der Waals surface area contributed by atoms with Crippen molar-refractivity contribution in [2.75, 3.05) is 20.8 Å². The Labute approximate surface area is 74.0 Å². The van der Waals surface area contributed by atoms with Crippen molar-refractivity contribution < 1.29 is 14.2 Å². The molecule has 0 saturated carbocycles. The van der Waals surface area contributed by atoms with Gasteiger partial charge in [-0.2, -0.15) is 0 Å². The molecule has 1 saturated heterocycles. The number of rotatable bonds is 3. The highest BCUT2D eigenvalue weighted by Gasteiger charge is 2.39. The molecule has 1 unspecified atom stereocenters. The highest BCUT2D eigenvalue weighted by molar-refractivity contribution is 4.86. The van der Waals surface area contributed by atoms with Crippen LogP contribution in [0.4, 0.5) is 0 Å². The lowest BCUT2D eigenvalue weighted by molar-refractivity contribution is -0.0176. The van der Waals surface area contributed by atoms with E-state index in [-0.39, 0.29) is 18.3 Å². The van der Waals surface area contributed by atoms with Gasteiger partial charge < -0.3 is 14.2 Å². The Morgan fingerprint density at radius 2 is 1.92 bits per heavy atom. The van der Waals surface area contributed by atoms with E-state index in [4.69, 9.17) is 14.2 Å². The van der Waals surface area contributed by atoms with E-state index in [1.54, 1.807) is 14.2 Å². The maximum absolute atomic E-state index is 5.67. The van der Waals surface area contributed by atoms with E-state index >= 15 is 0 Å². The molecule has 0 bridgehead atoms. The molecule has 12 heavy (non-hydrogen) atoms. The monoisotopic (exact) mass is 174 g/mol. The standard InChI is InChI=1S/C9H18O3/c1-6-8(5-10-3)12-7(2)9(6)11-4/h6-9H,5H2,1-4H3/t6?,7-,8+,9-/m0/s1. The molecule has 0 aromatic heterocycles. The average molecular weight is 174 g/mol. The van der Waals surface area contributed by atoms with Crippen molar-refractivity contribution in [3.63, 3.8) is 0 Å². The molecule has 72 valence electrons. The summed E-state index contributed by atoms with van der Waals surface area (Å²) in [6.07, 6.45) is 0.588. The summed E-state index contributed by atoms with van der Waals surface area (Å²) in [5.74, 6) is 0.421. The van der Waals surface area contributed by atoms with Crippen molar-refractivity contribution in [3.8, 4) is 0 Å². The van der Waals surface area contributed by atoms with Gasteiger partial charge in [-0.05, 0) is 6.92 Å². The summed E-state index contributed by atoms with van der Waals surface area (Å²) in [6, 6.07) is 0. The van der Waals surface area contributed by atoms with Crippen molar-refractivity contribution in [2.45, 2.75) is 32.2 Å². The van der Waals surface area contributed by atoms with Crippen LogP contribution in [0.1, 0.15) is 13.8 Å². The summed E-state index contributed by atoms with van der Waals surface area (Å²) in [6.45, 7) is 4.84. The molecule has 0 aromatic rings. The Balaban J connectivity index is 2.49. The molecule has 1 fully saturated rings. The van der Waals surface area contributed by atoms with Crippen LogP contribution < -0.4 is 0 Å². The predicted octanol–water partition coefficient (Wildman–Crippen LogP) is 1.07. The van der Waals surface area contributed by atoms with Crippen LogP contribution in [-0.4, -0.2) is 39.1 Å². The second-order valence-electron chi connectivity index (χ2n) is 3.39. The third-order valence-electron chi connectivity index (χ3n) is 2.56. The summed E-state index contributed by atoms with van der Waals surface area (Å²) in [7, 11) is 3.43. The molecule has 0 amide bonds. The zero-order chi connectivity index (χ0) is 9.14. The van der Waals surface area contributed by atoms with Gasteiger partial charge in [0.15, 0.2) is 0 Å². The molecule has 1 aliphatic rings. The molecule has 1 heterocycles. The second kappa shape index (κ2) is 4.21. The number of methoxy groups -OCH3 is 2. The van der Waals surface area contributed by atoms with Crippen LogP contribution in [0.5, 0.6) is 0 Å². The molecule has 3 nitrogen and oxygen atoms in total. The van der Waals surface area contributed by atoms with Crippen molar-refractivity contribution in [2.24, 2.45) is 5.92 Å². The topological polar surface area (TPSA) is 27.7 Å². The Kier molecular flexibility index (Phi) is 3.50. The number of ether oxygens (including phenoxy) is 3. The van der Waals surface area contributed by atoms with E-state index in [1.807, 2.05) is 6.92 Å². The van der Waals surface area contributed by atoms with E-state index in [0.717, 1.165) is 0 Å². The van der Waals surface area contributed by atoms with Gasteiger partial charge in [0.1, 0.15) is 0 Å². The van der Waals surface area contributed by atoms with Gasteiger partial charge in [0.05, 0.1) is 24.9 Å². The quantitative estimate of drug-likeness (QED) is 0.640. The Bertz CT molecular complexity index is 138. The van der Waals surface area contributed by atoms with Crippen molar-refractivity contribution >= 4 is 0 Å². The first-order chi connectivity index (χ1) is 5.70. The molecule has 1 aliphatic heterocycles. The lowest BCUT2D eigenvalue weighted by Gasteiger charge is -2.16. The maximum Gasteiger partial charge on any atom is 0.0881 e. The van der Waals surface area contributed by atoms with Crippen LogP contribution >= 0.6 is 0 Å². The SMILES string of the molecule is COC[C@H]1O[C@@H](C)[C@@H](OC)C1C. The third-order valence-corrected chi connectivity index (χ3v) is 2.56. The smallest absolute Gasteiger partial charge is 0.0881 e. The zero-order valence-electron chi connectivity index (χ0n) is 8.24. The summed E-state index contributed by atoms with van der Waals surface area (Å²) >= 11 is 0. The molecule has 0 aromatic carbocycles. The molecule has 0 spiro atoms. The lowest BCUT2D eigenvalue weighted by Crippen LogP contribution is -2.27. The summed E-state index contributed by atoms with van der Waals surface area (Å²) in [4.78, 5) is 0. The van der Waals surface area contributed by atoms with Gasteiger partial charge in [0.2, 0.25) is 0 Å². The average Bonchev–Trinajstić information content (AvgIpc) is 2.29. The van der Waals surface area contributed by atoms with Gasteiger partial charge in [-0.15, -0.1) is 0 Å². The molecule has 0 radical (unpaired) electrons. The molecule has 3 heteroatoms. The zero-order valence-corrected chi connectivity index (χ0v) is 8.24. The maximum atomic E-state index is 5.67. The molecule has 0 aliphatic carbocycles. The molecule has 4 atom stereocenters. The van der Waals surface area contributed by atoms with Crippen LogP contribution in [0.3, 0.4) is 0 Å². The minimum atomic E-state index is 0.185. The van der Waals surface area contributed by atoms with E-state index in [0.29, 0.717) is 12.5 Å². The van der Waals surface area contributed by atoms with E-state index < -0.39 is 0 Å². The Morgan fingerprint density at radius 3 is 2.33 bits per heavy atom. The highest BCUT2D eigenvalue weighted by Crippen LogP contribution is 2.28. The molecule has 0 N–H and O–H groups in total. The van der Waals surface area contributed by atoms with Crippen molar-refractivity contribution in [1.29, 1.82) is 0 Å². The van der Waals surface area contributed by atoms with E-state index in [2.05, 4.69) is 6.92 Å². The lowest BCUT2D eigenvalue weighted by atomic mass is 9.99. The first kappa shape index (κ1) is 9.96. The normalized spacial score (nSPS) is 42.0. The number of hydrogen-bond acceptors (Lipinski definition) is 3. The fraction of sp³-hybridized carbons (Fsp3) is 1.00. The van der Waals surface area contributed by atoms with Gasteiger partial charge in [0.25, 0.3) is 0 Å². The van der Waals surface area contributed by atoms with Crippen LogP contribution in [0.25, 0.3) is 0 Å². The minimum absolute atomic E-state index is 0.185. The van der Waals surface area contributed by atoms with Gasteiger partial charge >= 0.3 is 0 Å². The van der Waals surface area contributed by atoms with E-state index in [9.17, 15) is 0 Å². The van der Waals surface area contributed by atoms with E-state index in [1.165, 1.54) is 0 Å². The minimum Gasteiger partial charge on any atom is -0.382 e. The van der Waals surface area contributed by atoms with Gasteiger partial charge in [0, 0.05) is 20.1 Å². The first-order valence-corrected chi connectivity index (χ1v) is 4.38. The second-order valence-corrected chi connectivity index (χ2v) is 3.39. The van der Waals surface area contributed by atoms with Crippen LogP contribution in [-0.2, 0) is 14.2 Å². The predicted molar refractivity (Wildman–Crippen MR) is 46.2 cm³/mol. The third kappa shape index (κ3) is 1.79. The van der Waals surface area contributed by atoms with Gasteiger partial charge in [-0.25, -0.2) is 0 Å². The Hall–Kier alpha value is -0.120. The van der Waals surface area contributed by atoms with Crippen molar-refractivity contribution in [1.82, 2.24) is 0 Å². The van der Waals surface area contributed by atoms with Gasteiger partial charge in [-0.3, -0.25) is 0 Å². The summed E-state index contributed by atoms with van der Waals surface area (Å²) in [5.41, 5.74) is 0. The van der Waals surface area contributed by atoms with Crippen molar-refractivity contribution in [3.05, 3.63) is 0 Å². The van der Waals surface area contributed by atoms with Crippen LogP contribution in [0.15, 0.2) is 0 Å².